The molecule has 0 bridgehead atoms. The Morgan fingerprint density at radius 1 is 1.34 bits per heavy atom. The molecule has 11 heteroatoms. The van der Waals surface area contributed by atoms with Gasteiger partial charge in [0.05, 0.1) is 41.6 Å². The second kappa shape index (κ2) is 11.0. The van der Waals surface area contributed by atoms with Crippen molar-refractivity contribution in [1.29, 1.82) is 0 Å². The molecule has 0 saturated carbocycles. The molecule has 9 nitrogen and oxygen atoms in total. The van der Waals surface area contributed by atoms with Gasteiger partial charge in [-0.2, -0.15) is 0 Å². The molecule has 2 atom stereocenters. The number of H-pyrrole nitrogens is 2. The normalized spacial score (nSPS) is 16.6. The van der Waals surface area contributed by atoms with Crippen LogP contribution in [-0.4, -0.2) is 66.2 Å². The highest BCUT2D eigenvalue weighted by Gasteiger charge is 2.22. The van der Waals surface area contributed by atoms with Crippen LogP contribution in [-0.2, 0) is 4.74 Å². The van der Waals surface area contributed by atoms with Crippen LogP contribution in [0.4, 0.5) is 15.8 Å². The Balaban J connectivity index is 1.42. The number of anilines is 2. The number of benzene rings is 2. The Bertz CT molecular complexity index is 1510. The third-order valence-corrected chi connectivity index (χ3v) is 6.98. The predicted molar refractivity (Wildman–Crippen MR) is 146 cm³/mol. The van der Waals surface area contributed by atoms with Gasteiger partial charge in [-0.25, -0.2) is 9.37 Å². The Hall–Kier alpha value is -3.60. The van der Waals surface area contributed by atoms with Gasteiger partial charge in [0.2, 0.25) is 0 Å². The van der Waals surface area contributed by atoms with Crippen molar-refractivity contribution in [3.8, 4) is 17.1 Å². The number of nitrogens with zero attached hydrogens (tertiary/aromatic N) is 2. The van der Waals surface area contributed by atoms with Crippen molar-refractivity contribution in [2.75, 3.05) is 50.2 Å². The van der Waals surface area contributed by atoms with Gasteiger partial charge in [0.25, 0.3) is 5.56 Å². The summed E-state index contributed by atoms with van der Waals surface area (Å²) in [4.78, 5) is 25.7. The fourth-order valence-corrected chi connectivity index (χ4v) is 4.96. The maximum atomic E-state index is 13.2. The lowest BCUT2D eigenvalue weighted by atomic mass is 10.1. The first-order valence-corrected chi connectivity index (χ1v) is 12.7. The number of fused-ring (bicyclic) bond motifs is 1. The summed E-state index contributed by atoms with van der Waals surface area (Å²) in [6.45, 7) is 3.15. The van der Waals surface area contributed by atoms with Gasteiger partial charge in [0.15, 0.2) is 0 Å². The molecule has 0 spiro atoms. The second-order valence-electron chi connectivity index (χ2n) is 9.22. The Kier molecular flexibility index (Phi) is 7.55. The van der Waals surface area contributed by atoms with Crippen molar-refractivity contribution in [2.24, 2.45) is 0 Å². The fourth-order valence-electron chi connectivity index (χ4n) is 4.70. The Morgan fingerprint density at radius 2 is 2.18 bits per heavy atom. The maximum absolute atomic E-state index is 13.2. The minimum Gasteiger partial charge on any atom is -0.495 e. The lowest BCUT2D eigenvalue weighted by Crippen LogP contribution is -2.43. The van der Waals surface area contributed by atoms with Gasteiger partial charge in [-0.3, -0.25) is 4.79 Å². The van der Waals surface area contributed by atoms with Gasteiger partial charge < -0.3 is 34.8 Å². The quantitative estimate of drug-likeness (QED) is 0.264. The number of methoxy groups -OCH3 is 1. The SMILES string of the molecule is COc1ccc([C@H](O)CNc2cc[nH]c(=O)c2-c2nc3c(C)cc(N4CCO[C@H](CF)C4)cc3[nH]2)cc1Cl. The number of nitrogens with one attached hydrogen (secondary N) is 3. The van der Waals surface area contributed by atoms with Gasteiger partial charge in [0.1, 0.15) is 29.9 Å². The molecular formula is C27H29ClFN5O4. The topological polar surface area (TPSA) is 116 Å². The smallest absolute Gasteiger partial charge is 0.261 e. The number of aryl methyl sites for hydroxylation is 1. The molecule has 200 valence electrons. The lowest BCUT2D eigenvalue weighted by molar-refractivity contribution is 0.0247. The van der Waals surface area contributed by atoms with E-state index in [1.807, 2.05) is 19.1 Å². The maximum Gasteiger partial charge on any atom is 0.261 e. The summed E-state index contributed by atoms with van der Waals surface area (Å²) in [5, 5.41) is 14.3. The summed E-state index contributed by atoms with van der Waals surface area (Å²) in [5.74, 6) is 0.918. The lowest BCUT2D eigenvalue weighted by Gasteiger charge is -2.33. The van der Waals surface area contributed by atoms with Gasteiger partial charge in [0, 0.05) is 31.5 Å². The molecule has 1 fully saturated rings. The first-order chi connectivity index (χ1) is 18.4. The molecule has 1 saturated heterocycles. The summed E-state index contributed by atoms with van der Waals surface area (Å²) >= 11 is 6.20. The summed E-state index contributed by atoms with van der Waals surface area (Å²) in [6.07, 6.45) is 0.210. The van der Waals surface area contributed by atoms with Crippen LogP contribution in [0.3, 0.4) is 0 Å². The number of hydrogen-bond donors (Lipinski definition) is 4. The van der Waals surface area contributed by atoms with Crippen molar-refractivity contribution >= 4 is 34.0 Å². The van der Waals surface area contributed by atoms with Crippen molar-refractivity contribution in [3.63, 3.8) is 0 Å². The zero-order chi connectivity index (χ0) is 26.8. The average molecular weight is 542 g/mol. The molecule has 4 N–H and O–H groups in total. The Labute approximate surface area is 223 Å². The number of pyridine rings is 1. The Morgan fingerprint density at radius 3 is 2.95 bits per heavy atom. The van der Waals surface area contributed by atoms with Gasteiger partial charge in [-0.05, 0) is 48.4 Å². The first-order valence-electron chi connectivity index (χ1n) is 12.3. The molecule has 0 unspecified atom stereocenters. The van der Waals surface area contributed by atoms with E-state index in [0.717, 1.165) is 22.3 Å². The van der Waals surface area contributed by atoms with Crippen LogP contribution < -0.4 is 20.5 Å². The van der Waals surface area contributed by atoms with E-state index in [1.54, 1.807) is 24.3 Å². The van der Waals surface area contributed by atoms with Crippen LogP contribution in [0.1, 0.15) is 17.2 Å². The molecule has 5 rings (SSSR count). The van der Waals surface area contributed by atoms with Crippen LogP contribution in [0, 0.1) is 6.92 Å². The number of morpholine rings is 1. The standard InChI is InChI=1S/C27H29ClFN5O4/c1-15-9-17(34-7-8-38-18(12-29)14-34)11-21-25(15)33-26(32-21)24-20(5-6-30-27(24)36)31-13-22(35)16-3-4-23(37-2)19(28)10-16/h3-6,9-11,18,22,35H,7-8,12-14H2,1-2H3,(H,32,33)(H2,30,31,36)/t18-,22-/m1/s1. The summed E-state index contributed by atoms with van der Waals surface area (Å²) in [5.41, 5.74) is 4.50. The van der Waals surface area contributed by atoms with E-state index >= 15 is 0 Å². The van der Waals surface area contributed by atoms with E-state index in [9.17, 15) is 14.3 Å². The predicted octanol–water partition coefficient (Wildman–Crippen LogP) is 4.21. The van der Waals surface area contributed by atoms with Crippen LogP contribution in [0.5, 0.6) is 5.75 Å². The van der Waals surface area contributed by atoms with Crippen LogP contribution in [0.25, 0.3) is 22.4 Å². The fraction of sp³-hybridized carbons (Fsp3) is 0.333. The summed E-state index contributed by atoms with van der Waals surface area (Å²) < 4.78 is 23.8. The number of rotatable bonds is 8. The third kappa shape index (κ3) is 5.20. The molecule has 4 aromatic rings. The number of aliphatic hydroxyl groups is 1. The van der Waals surface area contributed by atoms with E-state index in [4.69, 9.17) is 26.1 Å². The van der Waals surface area contributed by atoms with Crippen LogP contribution in [0.15, 0.2) is 47.4 Å². The molecular weight excluding hydrogens is 513 g/mol. The summed E-state index contributed by atoms with van der Waals surface area (Å²) in [7, 11) is 1.53. The van der Waals surface area contributed by atoms with Gasteiger partial charge in [-0.15, -0.1) is 0 Å². The number of alkyl halides is 1. The van der Waals surface area contributed by atoms with Crippen molar-refractivity contribution in [1.82, 2.24) is 15.0 Å². The molecule has 0 radical (unpaired) electrons. The number of hydrogen-bond acceptors (Lipinski definition) is 7. The number of aliphatic hydroxyl groups excluding tert-OH is 1. The van der Waals surface area contributed by atoms with Crippen molar-refractivity contribution < 1.29 is 19.0 Å². The van der Waals surface area contributed by atoms with Gasteiger partial charge in [-0.1, -0.05) is 17.7 Å². The van der Waals surface area contributed by atoms with Crippen LogP contribution in [0.2, 0.25) is 5.02 Å². The molecule has 0 aliphatic carbocycles. The van der Waals surface area contributed by atoms with E-state index in [1.165, 1.54) is 13.3 Å². The van der Waals surface area contributed by atoms with E-state index in [-0.39, 0.29) is 12.1 Å². The zero-order valence-electron chi connectivity index (χ0n) is 21.1. The minimum atomic E-state index is -0.882. The molecule has 1 aliphatic heterocycles. The monoisotopic (exact) mass is 541 g/mol. The zero-order valence-corrected chi connectivity index (χ0v) is 21.8. The highest BCUT2D eigenvalue weighted by Crippen LogP contribution is 2.31. The number of aromatic amines is 2. The second-order valence-corrected chi connectivity index (χ2v) is 9.63. The summed E-state index contributed by atoms with van der Waals surface area (Å²) in [6, 6.07) is 10.8. The molecule has 3 heterocycles. The highest BCUT2D eigenvalue weighted by molar-refractivity contribution is 6.32. The molecule has 38 heavy (non-hydrogen) atoms. The van der Waals surface area contributed by atoms with Crippen molar-refractivity contribution in [2.45, 2.75) is 19.1 Å². The van der Waals surface area contributed by atoms with Crippen molar-refractivity contribution in [3.05, 3.63) is 69.1 Å². The number of imidazole rings is 1. The van der Waals surface area contributed by atoms with Gasteiger partial charge >= 0.3 is 0 Å². The first kappa shape index (κ1) is 26.0. The molecule has 2 aromatic heterocycles. The number of halogens is 2. The number of aromatic nitrogens is 3. The largest absolute Gasteiger partial charge is 0.495 e. The molecule has 1 aliphatic rings. The van der Waals surface area contributed by atoms with E-state index in [2.05, 4.69) is 20.2 Å². The average Bonchev–Trinajstić information content (AvgIpc) is 3.36. The molecule has 2 aromatic carbocycles. The molecule has 0 amide bonds. The van der Waals surface area contributed by atoms with E-state index < -0.39 is 18.9 Å². The van der Waals surface area contributed by atoms with E-state index in [0.29, 0.717) is 53.1 Å². The third-order valence-electron chi connectivity index (χ3n) is 6.68. The van der Waals surface area contributed by atoms with Crippen LogP contribution >= 0.6 is 11.6 Å². The highest BCUT2D eigenvalue weighted by atomic mass is 35.5. The minimum absolute atomic E-state index is 0.134. The number of ether oxygens (including phenoxy) is 2.